The summed E-state index contributed by atoms with van der Waals surface area (Å²) in [7, 11) is 3.50. The van der Waals surface area contributed by atoms with Crippen molar-refractivity contribution in [3.63, 3.8) is 0 Å². The minimum atomic E-state index is 0.451. The van der Waals surface area contributed by atoms with Gasteiger partial charge < -0.3 is 20.1 Å². The van der Waals surface area contributed by atoms with E-state index in [2.05, 4.69) is 63.0 Å². The number of benzene rings is 2. The van der Waals surface area contributed by atoms with Crippen LogP contribution in [0, 0.1) is 0 Å². The molecule has 162 valence electrons. The third-order valence-corrected chi connectivity index (χ3v) is 5.32. The van der Waals surface area contributed by atoms with E-state index in [4.69, 9.17) is 9.47 Å². The van der Waals surface area contributed by atoms with Crippen molar-refractivity contribution in [2.24, 2.45) is 4.99 Å². The first-order chi connectivity index (χ1) is 14.8. The number of hydrogen-bond donors (Lipinski definition) is 2. The van der Waals surface area contributed by atoms with Crippen molar-refractivity contribution in [1.82, 2.24) is 15.5 Å². The number of likely N-dealkylation sites (tertiary alicyclic amines) is 1. The molecule has 1 heterocycles. The zero-order chi connectivity index (χ0) is 21.0. The van der Waals surface area contributed by atoms with E-state index in [-0.39, 0.29) is 0 Å². The molecule has 1 aliphatic rings. The van der Waals surface area contributed by atoms with Crippen LogP contribution in [0.15, 0.2) is 59.6 Å². The van der Waals surface area contributed by atoms with Crippen LogP contribution in [0.2, 0.25) is 0 Å². The minimum Gasteiger partial charge on any atom is -0.491 e. The van der Waals surface area contributed by atoms with E-state index >= 15 is 0 Å². The van der Waals surface area contributed by atoms with E-state index in [1.165, 1.54) is 5.56 Å². The summed E-state index contributed by atoms with van der Waals surface area (Å²) in [6.07, 6.45) is 2.24. The SMILES string of the molecule is CN=C(NCc1cccc(OCCOC)c1)NC1CCN(Cc2ccccc2)CC1. The number of methoxy groups -OCH3 is 1. The predicted octanol–water partition coefficient (Wildman–Crippen LogP) is 3.04. The first-order valence-corrected chi connectivity index (χ1v) is 10.7. The smallest absolute Gasteiger partial charge is 0.191 e. The van der Waals surface area contributed by atoms with E-state index in [9.17, 15) is 0 Å². The maximum absolute atomic E-state index is 5.69. The second-order valence-electron chi connectivity index (χ2n) is 7.59. The standard InChI is InChI=1S/C24H34N4O2/c1-25-24(26-18-21-9-6-10-23(17-21)30-16-15-29-2)27-22-11-13-28(14-12-22)19-20-7-4-3-5-8-20/h3-10,17,22H,11-16,18-19H2,1-2H3,(H2,25,26,27). The van der Waals surface area contributed by atoms with E-state index in [0.29, 0.717) is 25.8 Å². The van der Waals surface area contributed by atoms with Gasteiger partial charge >= 0.3 is 0 Å². The molecule has 2 aromatic rings. The van der Waals surface area contributed by atoms with Gasteiger partial charge in [-0.3, -0.25) is 9.89 Å². The maximum Gasteiger partial charge on any atom is 0.191 e. The molecule has 0 radical (unpaired) electrons. The topological polar surface area (TPSA) is 58.1 Å². The van der Waals surface area contributed by atoms with E-state index in [0.717, 1.165) is 49.7 Å². The molecule has 30 heavy (non-hydrogen) atoms. The summed E-state index contributed by atoms with van der Waals surface area (Å²) in [4.78, 5) is 6.93. The molecule has 0 spiro atoms. The molecule has 2 N–H and O–H groups in total. The lowest BCUT2D eigenvalue weighted by Crippen LogP contribution is -2.48. The van der Waals surface area contributed by atoms with Crippen LogP contribution in [0.3, 0.4) is 0 Å². The maximum atomic E-state index is 5.69. The fraction of sp³-hybridized carbons (Fsp3) is 0.458. The van der Waals surface area contributed by atoms with Crippen molar-refractivity contribution < 1.29 is 9.47 Å². The van der Waals surface area contributed by atoms with Gasteiger partial charge in [0.1, 0.15) is 12.4 Å². The molecule has 2 aromatic carbocycles. The lowest BCUT2D eigenvalue weighted by atomic mass is 10.0. The van der Waals surface area contributed by atoms with Gasteiger partial charge in [0.15, 0.2) is 5.96 Å². The summed E-state index contributed by atoms with van der Waals surface area (Å²) in [5.74, 6) is 1.71. The van der Waals surface area contributed by atoms with Crippen LogP contribution in [0.25, 0.3) is 0 Å². The summed E-state index contributed by atoms with van der Waals surface area (Å²) in [5, 5.41) is 7.00. The van der Waals surface area contributed by atoms with Crippen molar-refractivity contribution in [3.8, 4) is 5.75 Å². The third-order valence-electron chi connectivity index (χ3n) is 5.32. The highest BCUT2D eigenvalue weighted by molar-refractivity contribution is 5.79. The number of nitrogens with zero attached hydrogens (tertiary/aromatic N) is 2. The number of nitrogens with one attached hydrogen (secondary N) is 2. The average molecular weight is 411 g/mol. The molecular weight excluding hydrogens is 376 g/mol. The van der Waals surface area contributed by atoms with Gasteiger partial charge in [-0.2, -0.15) is 0 Å². The molecule has 1 aliphatic heterocycles. The Hall–Kier alpha value is -2.57. The Morgan fingerprint density at radius 2 is 1.80 bits per heavy atom. The molecule has 0 aromatic heterocycles. The molecule has 6 nitrogen and oxygen atoms in total. The number of ether oxygens (including phenoxy) is 2. The van der Waals surface area contributed by atoms with Gasteiger partial charge in [-0.15, -0.1) is 0 Å². The highest BCUT2D eigenvalue weighted by Gasteiger charge is 2.20. The monoisotopic (exact) mass is 410 g/mol. The molecule has 6 heteroatoms. The van der Waals surface area contributed by atoms with Crippen LogP contribution in [0.4, 0.5) is 0 Å². The van der Waals surface area contributed by atoms with Gasteiger partial charge in [0.05, 0.1) is 6.61 Å². The molecule has 0 bridgehead atoms. The first-order valence-electron chi connectivity index (χ1n) is 10.7. The summed E-state index contributed by atoms with van der Waals surface area (Å²) >= 11 is 0. The van der Waals surface area contributed by atoms with Crippen molar-refractivity contribution in [3.05, 3.63) is 65.7 Å². The molecule has 3 rings (SSSR count). The second kappa shape index (κ2) is 12.2. The Labute approximate surface area is 180 Å². The lowest BCUT2D eigenvalue weighted by Gasteiger charge is -2.33. The van der Waals surface area contributed by atoms with Crippen LogP contribution >= 0.6 is 0 Å². The Balaban J connectivity index is 1.40. The van der Waals surface area contributed by atoms with Crippen molar-refractivity contribution >= 4 is 5.96 Å². The van der Waals surface area contributed by atoms with Crippen molar-refractivity contribution in [1.29, 1.82) is 0 Å². The van der Waals surface area contributed by atoms with E-state index in [1.807, 2.05) is 19.2 Å². The highest BCUT2D eigenvalue weighted by Crippen LogP contribution is 2.15. The number of hydrogen-bond acceptors (Lipinski definition) is 4. The number of aliphatic imine (C=N–C) groups is 1. The van der Waals surface area contributed by atoms with E-state index in [1.54, 1.807) is 7.11 Å². The van der Waals surface area contributed by atoms with Crippen molar-refractivity contribution in [2.45, 2.75) is 32.0 Å². The minimum absolute atomic E-state index is 0.451. The normalized spacial score (nSPS) is 15.7. The largest absolute Gasteiger partial charge is 0.491 e. The fourth-order valence-corrected chi connectivity index (χ4v) is 3.64. The summed E-state index contributed by atoms with van der Waals surface area (Å²) in [6.45, 7) is 5.08. The molecular formula is C24H34N4O2. The van der Waals surface area contributed by atoms with Crippen LogP contribution < -0.4 is 15.4 Å². The van der Waals surface area contributed by atoms with Gasteiger partial charge in [0.25, 0.3) is 0 Å². The first kappa shape index (κ1) is 22.1. The summed E-state index contributed by atoms with van der Waals surface area (Å²) < 4.78 is 10.7. The Morgan fingerprint density at radius 1 is 1.03 bits per heavy atom. The average Bonchev–Trinajstić information content (AvgIpc) is 2.79. The van der Waals surface area contributed by atoms with Gasteiger partial charge in [-0.25, -0.2) is 0 Å². The Morgan fingerprint density at radius 3 is 2.53 bits per heavy atom. The number of piperidine rings is 1. The van der Waals surface area contributed by atoms with Crippen LogP contribution in [0.1, 0.15) is 24.0 Å². The van der Waals surface area contributed by atoms with Crippen LogP contribution in [0.5, 0.6) is 5.75 Å². The quantitative estimate of drug-likeness (QED) is 0.378. The number of rotatable bonds is 9. The molecule has 0 atom stereocenters. The van der Waals surface area contributed by atoms with Gasteiger partial charge in [-0.1, -0.05) is 42.5 Å². The third kappa shape index (κ3) is 7.35. The molecule has 0 amide bonds. The fourth-order valence-electron chi connectivity index (χ4n) is 3.64. The molecule has 1 fully saturated rings. The summed E-state index contributed by atoms with van der Waals surface area (Å²) in [6, 6.07) is 19.3. The van der Waals surface area contributed by atoms with Crippen molar-refractivity contribution in [2.75, 3.05) is 40.5 Å². The summed E-state index contributed by atoms with van der Waals surface area (Å²) in [5.41, 5.74) is 2.54. The molecule has 0 saturated carbocycles. The van der Waals surface area contributed by atoms with Crippen LogP contribution in [-0.4, -0.2) is 57.4 Å². The molecule has 0 unspecified atom stereocenters. The van der Waals surface area contributed by atoms with Gasteiger partial charge in [0.2, 0.25) is 0 Å². The van der Waals surface area contributed by atoms with Gasteiger partial charge in [-0.05, 0) is 36.1 Å². The van der Waals surface area contributed by atoms with Gasteiger partial charge in [0, 0.05) is 46.4 Å². The zero-order valence-corrected chi connectivity index (χ0v) is 18.1. The Kier molecular flexibility index (Phi) is 9.00. The lowest BCUT2D eigenvalue weighted by molar-refractivity contribution is 0.146. The predicted molar refractivity (Wildman–Crippen MR) is 122 cm³/mol. The Bertz CT molecular complexity index is 774. The zero-order valence-electron chi connectivity index (χ0n) is 18.1. The highest BCUT2D eigenvalue weighted by atomic mass is 16.5. The second-order valence-corrected chi connectivity index (χ2v) is 7.59. The molecule has 1 saturated heterocycles. The molecule has 0 aliphatic carbocycles. The van der Waals surface area contributed by atoms with Crippen LogP contribution in [-0.2, 0) is 17.8 Å². The number of guanidine groups is 1. The van der Waals surface area contributed by atoms with E-state index < -0.39 is 0 Å².